The molecule has 0 aliphatic carbocycles. The maximum absolute atomic E-state index is 13.2. The van der Waals surface area contributed by atoms with Crippen LogP contribution >= 0.6 is 0 Å². The minimum atomic E-state index is -3.59. The van der Waals surface area contributed by atoms with E-state index in [1.807, 2.05) is 42.5 Å². The van der Waals surface area contributed by atoms with E-state index < -0.39 is 10.0 Å². The van der Waals surface area contributed by atoms with Crippen molar-refractivity contribution in [3.8, 4) is 0 Å². The van der Waals surface area contributed by atoms with Crippen LogP contribution in [0.2, 0.25) is 0 Å². The zero-order chi connectivity index (χ0) is 25.0. The summed E-state index contributed by atoms with van der Waals surface area (Å²) < 4.78 is 27.9. The molecule has 1 aliphatic heterocycles. The van der Waals surface area contributed by atoms with Crippen molar-refractivity contribution in [3.05, 3.63) is 90.3 Å². The fraction of sp³-hybridized carbons (Fsp3) is 0.286. The van der Waals surface area contributed by atoms with Crippen LogP contribution in [0.15, 0.2) is 83.8 Å². The van der Waals surface area contributed by atoms with Crippen LogP contribution in [-0.4, -0.2) is 41.7 Å². The second-order valence-electron chi connectivity index (χ2n) is 9.23. The standard InChI is InChI=1S/C28H30N4O3S/c33-27(12-6-9-21-7-2-1-3-8-21)29-23-13-15-24(16-14-23)36(34,35)32-19-17-22(18-20-32)28-30-25-10-4-5-11-26(25)31-28/h1-5,7-8,10-11,13-16,22H,6,9,12,17-20H2,(H,29,33)(H,30,31). The number of imidazole rings is 1. The molecule has 1 fully saturated rings. The highest BCUT2D eigenvalue weighted by atomic mass is 32.2. The van der Waals surface area contributed by atoms with E-state index in [0.717, 1.165) is 42.5 Å². The Labute approximate surface area is 211 Å². The fourth-order valence-corrected chi connectivity index (χ4v) is 6.19. The van der Waals surface area contributed by atoms with Crippen LogP contribution in [-0.2, 0) is 21.2 Å². The van der Waals surface area contributed by atoms with E-state index in [4.69, 9.17) is 4.98 Å². The summed E-state index contributed by atoms with van der Waals surface area (Å²) in [6.45, 7) is 0.897. The minimum Gasteiger partial charge on any atom is -0.342 e. The van der Waals surface area contributed by atoms with E-state index in [2.05, 4.69) is 22.4 Å². The number of benzene rings is 3. The number of fused-ring (bicyclic) bond motifs is 1. The van der Waals surface area contributed by atoms with Gasteiger partial charge >= 0.3 is 0 Å². The molecule has 8 heteroatoms. The summed E-state index contributed by atoms with van der Waals surface area (Å²) in [4.78, 5) is 20.6. The van der Waals surface area contributed by atoms with Crippen molar-refractivity contribution in [2.75, 3.05) is 18.4 Å². The molecule has 0 atom stereocenters. The van der Waals surface area contributed by atoms with Crippen molar-refractivity contribution < 1.29 is 13.2 Å². The third-order valence-electron chi connectivity index (χ3n) is 6.74. The first-order valence-corrected chi connectivity index (χ1v) is 13.8. The number of aryl methyl sites for hydroxylation is 1. The lowest BCUT2D eigenvalue weighted by Gasteiger charge is -2.30. The smallest absolute Gasteiger partial charge is 0.243 e. The molecule has 0 unspecified atom stereocenters. The zero-order valence-electron chi connectivity index (χ0n) is 20.1. The SMILES string of the molecule is O=C(CCCc1ccccc1)Nc1ccc(S(=O)(=O)N2CCC(c3nc4ccccc4[nH]3)CC2)cc1. The van der Waals surface area contributed by atoms with Crippen molar-refractivity contribution in [3.63, 3.8) is 0 Å². The van der Waals surface area contributed by atoms with Crippen molar-refractivity contribution >= 4 is 32.7 Å². The number of carbonyl (C=O) groups excluding carboxylic acids is 1. The summed E-state index contributed by atoms with van der Waals surface area (Å²) in [5.74, 6) is 1.06. The van der Waals surface area contributed by atoms with Crippen LogP contribution in [0.4, 0.5) is 5.69 Å². The lowest BCUT2D eigenvalue weighted by Crippen LogP contribution is -2.38. The van der Waals surface area contributed by atoms with E-state index in [1.54, 1.807) is 28.6 Å². The summed E-state index contributed by atoms with van der Waals surface area (Å²) in [6.07, 6.45) is 3.45. The Morgan fingerprint density at radius 3 is 2.36 bits per heavy atom. The quantitative estimate of drug-likeness (QED) is 0.351. The van der Waals surface area contributed by atoms with Crippen molar-refractivity contribution in [2.24, 2.45) is 0 Å². The molecule has 3 aromatic carbocycles. The van der Waals surface area contributed by atoms with Gasteiger partial charge in [-0.15, -0.1) is 0 Å². The molecule has 0 bridgehead atoms. The first-order valence-electron chi connectivity index (χ1n) is 12.4. The molecule has 1 saturated heterocycles. The highest BCUT2D eigenvalue weighted by Gasteiger charge is 2.31. The van der Waals surface area contributed by atoms with Crippen LogP contribution in [0.1, 0.15) is 43.0 Å². The van der Waals surface area contributed by atoms with E-state index in [9.17, 15) is 13.2 Å². The number of anilines is 1. The predicted molar refractivity (Wildman–Crippen MR) is 141 cm³/mol. The number of rotatable bonds is 8. The normalized spacial score (nSPS) is 15.2. The van der Waals surface area contributed by atoms with Crippen LogP contribution < -0.4 is 5.32 Å². The van der Waals surface area contributed by atoms with E-state index >= 15 is 0 Å². The maximum Gasteiger partial charge on any atom is 0.243 e. The van der Waals surface area contributed by atoms with Gasteiger partial charge in [-0.05, 0) is 67.6 Å². The number of nitrogens with one attached hydrogen (secondary N) is 2. The van der Waals surface area contributed by atoms with E-state index in [0.29, 0.717) is 25.2 Å². The van der Waals surface area contributed by atoms with Gasteiger partial charge in [0.25, 0.3) is 0 Å². The third-order valence-corrected chi connectivity index (χ3v) is 8.65. The molecular weight excluding hydrogens is 472 g/mol. The molecule has 0 radical (unpaired) electrons. The van der Waals surface area contributed by atoms with Gasteiger partial charge in [-0.2, -0.15) is 4.31 Å². The molecule has 36 heavy (non-hydrogen) atoms. The monoisotopic (exact) mass is 502 g/mol. The van der Waals surface area contributed by atoms with Crippen molar-refractivity contribution in [1.82, 2.24) is 14.3 Å². The summed E-state index contributed by atoms with van der Waals surface area (Å²) in [7, 11) is -3.59. The minimum absolute atomic E-state index is 0.0748. The summed E-state index contributed by atoms with van der Waals surface area (Å²) in [5.41, 5.74) is 3.75. The number of amides is 1. The molecule has 1 aromatic heterocycles. The Morgan fingerprint density at radius 2 is 1.64 bits per heavy atom. The van der Waals surface area contributed by atoms with Crippen LogP contribution in [0, 0.1) is 0 Å². The molecule has 2 N–H and O–H groups in total. The van der Waals surface area contributed by atoms with Gasteiger partial charge in [-0.1, -0.05) is 42.5 Å². The van der Waals surface area contributed by atoms with Crippen LogP contribution in [0.3, 0.4) is 0 Å². The molecule has 0 saturated carbocycles. The molecule has 7 nitrogen and oxygen atoms in total. The maximum atomic E-state index is 13.2. The second-order valence-corrected chi connectivity index (χ2v) is 11.2. The summed E-state index contributed by atoms with van der Waals surface area (Å²) in [5, 5.41) is 2.86. The highest BCUT2D eigenvalue weighted by molar-refractivity contribution is 7.89. The lowest BCUT2D eigenvalue weighted by atomic mass is 9.97. The van der Waals surface area contributed by atoms with E-state index in [1.165, 1.54) is 5.56 Å². The predicted octanol–water partition coefficient (Wildman–Crippen LogP) is 5.09. The first-order chi connectivity index (χ1) is 17.5. The van der Waals surface area contributed by atoms with Crippen LogP contribution in [0.25, 0.3) is 11.0 Å². The lowest BCUT2D eigenvalue weighted by molar-refractivity contribution is -0.116. The Kier molecular flexibility index (Phi) is 7.16. The number of aromatic nitrogens is 2. The number of hydrogen-bond acceptors (Lipinski definition) is 4. The van der Waals surface area contributed by atoms with E-state index in [-0.39, 0.29) is 16.7 Å². The highest BCUT2D eigenvalue weighted by Crippen LogP contribution is 2.30. The number of nitrogens with zero attached hydrogens (tertiary/aromatic N) is 2. The second kappa shape index (κ2) is 10.6. The third kappa shape index (κ3) is 5.50. The van der Waals surface area contributed by atoms with Crippen molar-refractivity contribution in [2.45, 2.75) is 42.9 Å². The van der Waals surface area contributed by atoms with Gasteiger partial charge in [0.15, 0.2) is 0 Å². The van der Waals surface area contributed by atoms with Gasteiger partial charge in [-0.3, -0.25) is 4.79 Å². The Bertz CT molecular complexity index is 1390. The van der Waals surface area contributed by atoms with Crippen LogP contribution in [0.5, 0.6) is 0 Å². The molecule has 186 valence electrons. The number of H-pyrrole nitrogens is 1. The zero-order valence-corrected chi connectivity index (χ0v) is 20.9. The van der Waals surface area contributed by atoms with Gasteiger partial charge < -0.3 is 10.3 Å². The average Bonchev–Trinajstić information content (AvgIpc) is 3.34. The first kappa shape index (κ1) is 24.2. The Balaban J connectivity index is 1.14. The number of aromatic amines is 1. The number of para-hydroxylation sites is 2. The average molecular weight is 503 g/mol. The van der Waals surface area contributed by atoms with Gasteiger partial charge in [-0.25, -0.2) is 13.4 Å². The van der Waals surface area contributed by atoms with Gasteiger partial charge in [0.2, 0.25) is 15.9 Å². The number of carbonyl (C=O) groups is 1. The van der Waals surface area contributed by atoms with Gasteiger partial charge in [0, 0.05) is 31.1 Å². The summed E-state index contributed by atoms with van der Waals surface area (Å²) in [6, 6.07) is 24.4. The topological polar surface area (TPSA) is 95.2 Å². The molecule has 2 heterocycles. The number of sulfonamides is 1. The molecule has 1 amide bonds. The molecule has 5 rings (SSSR count). The Morgan fingerprint density at radius 1 is 0.944 bits per heavy atom. The fourth-order valence-electron chi connectivity index (χ4n) is 4.72. The molecular formula is C28H30N4O3S. The van der Waals surface area contributed by atoms with Gasteiger partial charge in [0.1, 0.15) is 5.82 Å². The van der Waals surface area contributed by atoms with Gasteiger partial charge in [0.05, 0.1) is 15.9 Å². The molecule has 4 aromatic rings. The van der Waals surface area contributed by atoms with Crippen molar-refractivity contribution in [1.29, 1.82) is 0 Å². The largest absolute Gasteiger partial charge is 0.342 e. The summed E-state index contributed by atoms with van der Waals surface area (Å²) >= 11 is 0. The number of hydrogen-bond donors (Lipinski definition) is 2. The molecule has 1 aliphatic rings. The molecule has 0 spiro atoms. The number of piperidine rings is 1. The Hall–Kier alpha value is -3.49.